The van der Waals surface area contributed by atoms with Crippen LogP contribution in [0.2, 0.25) is 0 Å². The van der Waals surface area contributed by atoms with Crippen molar-refractivity contribution in [3.05, 3.63) is 167 Å². The van der Waals surface area contributed by atoms with Crippen LogP contribution < -0.4 is 0 Å². The first-order valence-corrected chi connectivity index (χ1v) is 23.9. The van der Waals surface area contributed by atoms with Crippen molar-refractivity contribution in [3.63, 3.8) is 0 Å². The molecule has 0 unspecified atom stereocenters. The van der Waals surface area contributed by atoms with Gasteiger partial charge in [-0.1, -0.05) is 214 Å². The Bertz CT molecular complexity index is 3940. The fourth-order valence-corrected chi connectivity index (χ4v) is 8.60. The van der Waals surface area contributed by atoms with Crippen molar-refractivity contribution in [2.75, 3.05) is 0 Å². The number of benzene rings is 6. The van der Waals surface area contributed by atoms with E-state index in [9.17, 15) is 9.22 Å². The minimum Gasteiger partial charge on any atom is -0.507 e. The zero-order valence-electron chi connectivity index (χ0n) is 59.7. The minimum absolute atomic E-state index is 0. The van der Waals surface area contributed by atoms with E-state index in [0.29, 0.717) is 39.1 Å². The third-order valence-electron chi connectivity index (χ3n) is 13.0. The van der Waals surface area contributed by atoms with Gasteiger partial charge in [0.25, 0.3) is 0 Å². The molecule has 0 radical (unpaired) electrons. The molecular weight excluding hydrogens is 1050 g/mol. The van der Waals surface area contributed by atoms with Crippen LogP contribution in [-0.4, -0.2) is 19.6 Å². The molecular formula is C66H76N3OPt-. The number of nitrogens with zero attached hydrogens (tertiary/aromatic N) is 3. The summed E-state index contributed by atoms with van der Waals surface area (Å²) in [5.74, 6) is 0.528. The van der Waals surface area contributed by atoms with Crippen molar-refractivity contribution in [2.24, 2.45) is 0 Å². The molecule has 0 atom stereocenters. The van der Waals surface area contributed by atoms with E-state index in [-0.39, 0.29) is 54.3 Å². The monoisotopic (exact) mass is 1140 g/mol. The Morgan fingerprint density at radius 3 is 1.69 bits per heavy atom. The maximum absolute atomic E-state index is 12.7. The molecule has 4 nitrogen and oxygen atoms in total. The molecule has 6 aromatic carbocycles. The van der Waals surface area contributed by atoms with Crippen LogP contribution in [0.3, 0.4) is 0 Å². The number of hydrogen-bond acceptors (Lipinski definition) is 3. The second-order valence-electron chi connectivity index (χ2n) is 23.8. The molecule has 8 rings (SSSR count). The van der Waals surface area contributed by atoms with Crippen LogP contribution >= 0.6 is 0 Å². The third kappa shape index (κ3) is 11.0. The van der Waals surface area contributed by atoms with Gasteiger partial charge in [-0.2, -0.15) is 0 Å². The first-order chi connectivity index (χ1) is 39.1. The first-order valence-electron chi connectivity index (χ1n) is 31.9. The number of para-hydroxylation sites is 1. The van der Waals surface area contributed by atoms with Gasteiger partial charge in [-0.25, -0.2) is 4.98 Å². The zero-order valence-corrected chi connectivity index (χ0v) is 46.0. The number of fused-ring (bicyclic) bond motifs is 1. The van der Waals surface area contributed by atoms with Crippen molar-refractivity contribution in [2.45, 2.75) is 157 Å². The normalized spacial score (nSPS) is 16.7. The number of phenols is 1. The Morgan fingerprint density at radius 2 is 1.10 bits per heavy atom. The molecule has 0 fully saturated rings. The van der Waals surface area contributed by atoms with E-state index in [1.165, 1.54) is 5.56 Å². The molecule has 5 heteroatoms. The van der Waals surface area contributed by atoms with Crippen molar-refractivity contribution in [1.29, 1.82) is 0 Å². The van der Waals surface area contributed by atoms with Crippen molar-refractivity contribution < 1.29 is 48.1 Å². The van der Waals surface area contributed by atoms with Crippen LogP contribution in [-0.2, 0) is 53.6 Å². The summed E-state index contributed by atoms with van der Waals surface area (Å²) in [6, 6.07) is 25.7. The summed E-state index contributed by atoms with van der Waals surface area (Å²) in [7, 11) is 0. The standard InChI is InChI=1S/C66H76N3O.Pt/c1-61(2,3)46-26-22-41(23-27-46)43-32-33-67-55(37-43)45-34-44(35-49(36-45)64(10,11)12)51-20-19-21-57-58(51)68-60(53-39-50(65(13,14)15)40-54(59(53)70)66(16,17)18)69(57)56-31-30-48(63(7,8)9)38-52(56)42-24-28-47(29-25-42)62(4,5)6;/h19-33,35-40,70H,1-18H3;/q-1;/i1D3,2D3,3D3,22D,23D,26D,27D,32D,33D,37D;. The summed E-state index contributed by atoms with van der Waals surface area (Å²) in [4.78, 5) is 10.0. The van der Waals surface area contributed by atoms with Crippen LogP contribution in [0.4, 0.5) is 0 Å². The van der Waals surface area contributed by atoms with Gasteiger partial charge >= 0.3 is 0 Å². The average Bonchev–Trinajstić information content (AvgIpc) is 1.00. The fourth-order valence-electron chi connectivity index (χ4n) is 8.60. The zero-order chi connectivity index (χ0) is 64.7. The number of phenolic OH excluding ortho intramolecular Hbond substituents is 1. The van der Waals surface area contributed by atoms with E-state index in [4.69, 9.17) is 22.8 Å². The maximum atomic E-state index is 12.7. The van der Waals surface area contributed by atoms with E-state index in [1.54, 1.807) is 6.07 Å². The van der Waals surface area contributed by atoms with Gasteiger partial charge in [-0.05, 0) is 102 Å². The van der Waals surface area contributed by atoms with Crippen LogP contribution in [0.25, 0.3) is 72.7 Å². The van der Waals surface area contributed by atoms with Gasteiger partial charge in [0.05, 0.1) is 31.9 Å². The number of pyridine rings is 1. The number of imidazole rings is 1. The van der Waals surface area contributed by atoms with Gasteiger partial charge < -0.3 is 5.11 Å². The Morgan fingerprint density at radius 1 is 0.521 bits per heavy atom. The van der Waals surface area contributed by atoms with E-state index < -0.39 is 95.9 Å². The quantitative estimate of drug-likeness (QED) is 0.169. The van der Waals surface area contributed by atoms with Gasteiger partial charge in [0.1, 0.15) is 11.6 Å². The topological polar surface area (TPSA) is 50.9 Å². The molecule has 0 aliphatic carbocycles. The number of rotatable bonds is 6. The molecule has 2 aromatic heterocycles. The number of hydrogen-bond donors (Lipinski definition) is 1. The van der Waals surface area contributed by atoms with Gasteiger partial charge in [-0.3, -0.25) is 9.55 Å². The SMILES string of the molecule is [2H]c1nc(-c2[c-]c(-c3cccc4c3nc(-c3cc(C(C)(C)C)cc(C(C)(C)C)c3O)n4-c3ccc(C(C)(C)C)cc3-c3ccc(C(C)(C)C)cc3)cc(C(C)(C)C)c2)c([2H])c(-c2c([2H])c([2H])c(C(C([2H])([2H])[2H])(C([2H])([2H])[2H])C([2H])([2H])[2H])c([2H])c2[2H])c1[2H].[Pt]. The largest absolute Gasteiger partial charge is 0.507 e. The van der Waals surface area contributed by atoms with Gasteiger partial charge in [0.15, 0.2) is 0 Å². The molecule has 372 valence electrons. The second kappa shape index (κ2) is 18.8. The van der Waals surface area contributed by atoms with Crippen LogP contribution in [0.5, 0.6) is 5.75 Å². The molecule has 0 aliphatic rings. The fraction of sp³-hybridized carbons (Fsp3) is 0.364. The van der Waals surface area contributed by atoms with Gasteiger partial charge in [-0.15, -0.1) is 29.3 Å². The summed E-state index contributed by atoms with van der Waals surface area (Å²) < 4.78 is 141. The smallest absolute Gasteiger partial charge is 0.148 e. The summed E-state index contributed by atoms with van der Waals surface area (Å²) in [5, 5.41) is 12.7. The summed E-state index contributed by atoms with van der Waals surface area (Å²) >= 11 is 0. The molecule has 71 heavy (non-hydrogen) atoms. The van der Waals surface area contributed by atoms with Crippen LogP contribution in [0.1, 0.15) is 180 Å². The molecule has 0 spiro atoms. The number of aromatic nitrogens is 3. The number of aromatic hydroxyl groups is 1. The van der Waals surface area contributed by atoms with E-state index in [2.05, 4.69) is 147 Å². The molecule has 0 saturated carbocycles. The van der Waals surface area contributed by atoms with Crippen molar-refractivity contribution in [3.8, 4) is 67.5 Å². The summed E-state index contributed by atoms with van der Waals surface area (Å²) in [5.41, 5.74) is 1.45. The summed E-state index contributed by atoms with van der Waals surface area (Å²) in [6.07, 6.45) is -0.747. The maximum Gasteiger partial charge on any atom is 0.148 e. The van der Waals surface area contributed by atoms with E-state index in [1.807, 2.05) is 51.1 Å². The molecule has 8 aromatic rings. The predicted molar refractivity (Wildman–Crippen MR) is 299 cm³/mol. The van der Waals surface area contributed by atoms with Gasteiger partial charge in [0, 0.05) is 56.4 Å². The van der Waals surface area contributed by atoms with Crippen molar-refractivity contribution >= 4 is 11.0 Å². The molecule has 0 saturated heterocycles. The molecule has 0 aliphatic heterocycles. The van der Waals surface area contributed by atoms with E-state index in [0.717, 1.165) is 33.5 Å². The summed E-state index contributed by atoms with van der Waals surface area (Å²) in [6.45, 7) is 19.7. The third-order valence-corrected chi connectivity index (χ3v) is 13.0. The van der Waals surface area contributed by atoms with Crippen LogP contribution in [0, 0.1) is 6.07 Å². The molecule has 2 heterocycles. The Kier molecular flexibility index (Phi) is 9.41. The Labute approximate surface area is 463 Å². The Balaban J connectivity index is 0.0000108. The van der Waals surface area contributed by atoms with Crippen LogP contribution in [0.15, 0.2) is 127 Å². The predicted octanol–water partition coefficient (Wildman–Crippen LogP) is 18.0. The molecule has 0 amide bonds. The van der Waals surface area contributed by atoms with Crippen molar-refractivity contribution in [1.82, 2.24) is 14.5 Å². The second-order valence-corrected chi connectivity index (χ2v) is 23.8. The average molecular weight is 1140 g/mol. The minimum atomic E-state index is -3.93. The molecule has 0 bridgehead atoms. The molecule has 1 N–H and O–H groups in total. The first kappa shape index (κ1) is 35.5. The Hall–Kier alpha value is -5.57. The van der Waals surface area contributed by atoms with Gasteiger partial charge in [0.2, 0.25) is 0 Å². The van der Waals surface area contributed by atoms with E-state index >= 15 is 0 Å².